The third-order valence-electron chi connectivity index (χ3n) is 5.99. The van der Waals surface area contributed by atoms with E-state index < -0.39 is 0 Å². The molecule has 1 aromatic rings. The Morgan fingerprint density at radius 1 is 1.13 bits per heavy atom. The highest BCUT2D eigenvalue weighted by atomic mass is 16.5. The molecule has 3 aliphatic rings. The van der Waals surface area contributed by atoms with Crippen LogP contribution < -0.4 is 10.1 Å². The summed E-state index contributed by atoms with van der Waals surface area (Å²) < 4.78 is 5.23. The van der Waals surface area contributed by atoms with Crippen LogP contribution in [0.3, 0.4) is 0 Å². The molecule has 1 saturated carbocycles. The van der Waals surface area contributed by atoms with E-state index in [9.17, 15) is 4.79 Å². The van der Waals surface area contributed by atoms with Crippen LogP contribution in [0.4, 0.5) is 5.69 Å². The summed E-state index contributed by atoms with van der Waals surface area (Å²) >= 11 is 0. The van der Waals surface area contributed by atoms with Crippen LogP contribution >= 0.6 is 0 Å². The summed E-state index contributed by atoms with van der Waals surface area (Å²) in [7, 11) is 1.70. The Labute approximate surface area is 138 Å². The third-order valence-corrected chi connectivity index (χ3v) is 5.99. The quantitative estimate of drug-likeness (QED) is 0.931. The van der Waals surface area contributed by atoms with Crippen LogP contribution in [-0.4, -0.2) is 36.5 Å². The van der Waals surface area contributed by atoms with Crippen LogP contribution in [-0.2, 0) is 4.79 Å². The zero-order chi connectivity index (χ0) is 15.8. The van der Waals surface area contributed by atoms with Crippen molar-refractivity contribution in [3.63, 3.8) is 0 Å². The van der Waals surface area contributed by atoms with E-state index in [2.05, 4.69) is 22.3 Å². The van der Waals surface area contributed by atoms with Crippen LogP contribution in [0.15, 0.2) is 24.3 Å². The van der Waals surface area contributed by atoms with Crippen LogP contribution in [0, 0.1) is 11.8 Å². The van der Waals surface area contributed by atoms with Crippen molar-refractivity contribution in [3.8, 4) is 5.75 Å². The van der Waals surface area contributed by atoms with Gasteiger partial charge in [0.1, 0.15) is 5.75 Å². The highest BCUT2D eigenvalue weighted by molar-refractivity contribution is 5.77. The lowest BCUT2D eigenvalue weighted by molar-refractivity contribution is -0.132. The van der Waals surface area contributed by atoms with Crippen molar-refractivity contribution in [1.29, 1.82) is 0 Å². The average Bonchev–Trinajstić information content (AvgIpc) is 2.92. The first kappa shape index (κ1) is 14.9. The van der Waals surface area contributed by atoms with Crippen molar-refractivity contribution in [3.05, 3.63) is 24.3 Å². The van der Waals surface area contributed by atoms with Gasteiger partial charge in [-0.3, -0.25) is 4.79 Å². The van der Waals surface area contributed by atoms with Gasteiger partial charge in [0.05, 0.1) is 7.11 Å². The first-order valence-corrected chi connectivity index (χ1v) is 8.94. The number of hydrogen-bond donors (Lipinski definition) is 1. The van der Waals surface area contributed by atoms with Gasteiger partial charge >= 0.3 is 0 Å². The van der Waals surface area contributed by atoms with Crippen LogP contribution in [0.25, 0.3) is 0 Å². The van der Waals surface area contributed by atoms with E-state index in [1.54, 1.807) is 7.11 Å². The number of carbonyl (C=O) groups excluding carboxylic acids is 1. The topological polar surface area (TPSA) is 41.6 Å². The maximum absolute atomic E-state index is 12.3. The van der Waals surface area contributed by atoms with E-state index in [-0.39, 0.29) is 0 Å². The van der Waals surface area contributed by atoms with Crippen LogP contribution in [0.5, 0.6) is 5.75 Å². The summed E-state index contributed by atoms with van der Waals surface area (Å²) in [6.07, 6.45) is 6.61. The van der Waals surface area contributed by atoms with Gasteiger partial charge in [-0.2, -0.15) is 0 Å². The minimum atomic E-state index is 0.404. The average molecular weight is 314 g/mol. The van der Waals surface area contributed by atoms with Gasteiger partial charge in [0, 0.05) is 30.7 Å². The molecule has 23 heavy (non-hydrogen) atoms. The summed E-state index contributed by atoms with van der Waals surface area (Å²) in [5.74, 6) is 2.67. The number of ether oxygens (including phenoxy) is 1. The SMILES string of the molecule is COc1ccc(NC2C[C@H]3CCCC(=O)N4CC[C@@H](C2)[C@@H]34)cc1. The van der Waals surface area contributed by atoms with Gasteiger partial charge < -0.3 is 15.0 Å². The first-order chi connectivity index (χ1) is 11.2. The smallest absolute Gasteiger partial charge is 0.222 e. The lowest BCUT2D eigenvalue weighted by Gasteiger charge is -2.41. The van der Waals surface area contributed by atoms with Crippen LogP contribution in [0.2, 0.25) is 0 Å². The second-order valence-corrected chi connectivity index (χ2v) is 7.32. The van der Waals surface area contributed by atoms with E-state index in [1.165, 1.54) is 31.4 Å². The number of amides is 1. The molecule has 124 valence electrons. The number of carbonyl (C=O) groups is 1. The van der Waals surface area contributed by atoms with E-state index in [0.717, 1.165) is 25.1 Å². The Hall–Kier alpha value is -1.71. The lowest BCUT2D eigenvalue weighted by Crippen LogP contribution is -2.47. The molecule has 4 rings (SSSR count). The molecule has 3 fully saturated rings. The van der Waals surface area contributed by atoms with Crippen LogP contribution in [0.1, 0.15) is 38.5 Å². The maximum atomic E-state index is 12.3. The highest BCUT2D eigenvalue weighted by Crippen LogP contribution is 2.44. The summed E-state index contributed by atoms with van der Waals surface area (Å²) in [4.78, 5) is 14.5. The maximum Gasteiger partial charge on any atom is 0.222 e. The first-order valence-electron chi connectivity index (χ1n) is 8.94. The van der Waals surface area contributed by atoms with Gasteiger partial charge in [-0.15, -0.1) is 0 Å². The molecule has 1 N–H and O–H groups in total. The Morgan fingerprint density at radius 2 is 1.87 bits per heavy atom. The normalized spacial score (nSPS) is 33.1. The Balaban J connectivity index is 1.47. The van der Waals surface area contributed by atoms with Gasteiger partial charge in [0.25, 0.3) is 0 Å². The van der Waals surface area contributed by atoms with E-state index in [0.29, 0.717) is 29.8 Å². The summed E-state index contributed by atoms with van der Waals surface area (Å²) in [6, 6.07) is 9.28. The molecular weight excluding hydrogens is 288 g/mol. The number of anilines is 1. The van der Waals surface area contributed by atoms with Crippen molar-refractivity contribution in [2.45, 2.75) is 50.6 Å². The van der Waals surface area contributed by atoms with Gasteiger partial charge in [-0.1, -0.05) is 0 Å². The van der Waals surface area contributed by atoms with Gasteiger partial charge in [-0.05, 0) is 68.2 Å². The third kappa shape index (κ3) is 2.79. The molecule has 0 aromatic heterocycles. The fraction of sp³-hybridized carbons (Fsp3) is 0.632. The molecule has 4 heteroatoms. The molecule has 2 saturated heterocycles. The van der Waals surface area contributed by atoms with Crippen molar-refractivity contribution in [2.24, 2.45) is 11.8 Å². The molecule has 2 heterocycles. The molecule has 0 radical (unpaired) electrons. The number of hydrogen-bond acceptors (Lipinski definition) is 3. The molecule has 0 bridgehead atoms. The highest BCUT2D eigenvalue weighted by Gasteiger charge is 2.47. The molecule has 1 aliphatic carbocycles. The fourth-order valence-electron chi connectivity index (χ4n) is 5.02. The summed E-state index contributed by atoms with van der Waals surface area (Å²) in [5, 5.41) is 3.72. The number of methoxy groups -OCH3 is 1. The monoisotopic (exact) mass is 314 g/mol. The zero-order valence-corrected chi connectivity index (χ0v) is 13.8. The molecule has 0 spiro atoms. The molecule has 4 atom stereocenters. The van der Waals surface area contributed by atoms with Crippen molar-refractivity contribution in [1.82, 2.24) is 4.90 Å². The number of rotatable bonds is 3. The minimum Gasteiger partial charge on any atom is -0.497 e. The van der Waals surface area contributed by atoms with Crippen molar-refractivity contribution < 1.29 is 9.53 Å². The summed E-state index contributed by atoms with van der Waals surface area (Å²) in [6.45, 7) is 0.986. The van der Waals surface area contributed by atoms with E-state index >= 15 is 0 Å². The Morgan fingerprint density at radius 3 is 2.61 bits per heavy atom. The number of benzene rings is 1. The molecule has 1 amide bonds. The van der Waals surface area contributed by atoms with Crippen molar-refractivity contribution >= 4 is 11.6 Å². The minimum absolute atomic E-state index is 0.404. The second kappa shape index (κ2) is 6.06. The van der Waals surface area contributed by atoms with Gasteiger partial charge in [0.2, 0.25) is 5.91 Å². The molecule has 1 aromatic carbocycles. The lowest BCUT2D eigenvalue weighted by atomic mass is 9.73. The zero-order valence-electron chi connectivity index (χ0n) is 13.8. The Bertz CT molecular complexity index is 571. The van der Waals surface area contributed by atoms with E-state index in [4.69, 9.17) is 4.74 Å². The number of nitrogens with zero attached hydrogens (tertiary/aromatic N) is 1. The van der Waals surface area contributed by atoms with Gasteiger partial charge in [0.15, 0.2) is 0 Å². The van der Waals surface area contributed by atoms with Gasteiger partial charge in [-0.25, -0.2) is 0 Å². The summed E-state index contributed by atoms with van der Waals surface area (Å²) in [5.41, 5.74) is 1.17. The molecular formula is C19H26N2O2. The molecule has 2 aliphatic heterocycles. The molecule has 1 unspecified atom stereocenters. The second-order valence-electron chi connectivity index (χ2n) is 7.32. The largest absolute Gasteiger partial charge is 0.497 e. The van der Waals surface area contributed by atoms with Crippen molar-refractivity contribution in [2.75, 3.05) is 19.0 Å². The molecule has 4 nitrogen and oxygen atoms in total. The Kier molecular flexibility index (Phi) is 3.92. The fourth-order valence-corrected chi connectivity index (χ4v) is 5.02. The predicted octanol–water partition coefficient (Wildman–Crippen LogP) is 3.29. The standard InChI is InChI=1S/C19H26N2O2/c1-23-17-7-5-15(6-8-17)20-16-11-13-3-2-4-18(22)21-10-9-14(12-16)19(13)21/h5-8,13-14,16,19-20H,2-4,9-12H2,1H3/t13-,14+,16?,19-/m1/s1. The van der Waals surface area contributed by atoms with E-state index in [1.807, 2.05) is 12.1 Å². The number of nitrogens with one attached hydrogen (secondary N) is 1. The predicted molar refractivity (Wildman–Crippen MR) is 90.6 cm³/mol.